The van der Waals surface area contributed by atoms with Gasteiger partial charge in [0.25, 0.3) is 0 Å². The monoisotopic (exact) mass is 883 g/mol. The summed E-state index contributed by atoms with van der Waals surface area (Å²) in [5.41, 5.74) is 7.42. The van der Waals surface area contributed by atoms with Crippen molar-refractivity contribution in [2.24, 2.45) is 28.6 Å². The molecule has 64 heavy (non-hydrogen) atoms. The van der Waals surface area contributed by atoms with Gasteiger partial charge in [0.2, 0.25) is 11.8 Å². The minimum atomic E-state index is -0.506. The summed E-state index contributed by atoms with van der Waals surface area (Å²) in [5.74, 6) is 0.443. The number of rotatable bonds is 28. The number of hydrogen-bond acceptors (Lipinski definition) is 6. The van der Waals surface area contributed by atoms with Gasteiger partial charge in [0, 0.05) is 44.5 Å². The Bertz CT molecular complexity index is 1800. The van der Waals surface area contributed by atoms with E-state index < -0.39 is 5.92 Å². The van der Waals surface area contributed by atoms with Gasteiger partial charge in [0.05, 0.1) is 19.8 Å². The van der Waals surface area contributed by atoms with E-state index in [1.807, 2.05) is 38.2 Å². The first-order chi connectivity index (χ1) is 30.3. The van der Waals surface area contributed by atoms with E-state index in [0.29, 0.717) is 88.9 Å². The van der Waals surface area contributed by atoms with Gasteiger partial charge in [-0.2, -0.15) is 0 Å². The average Bonchev–Trinajstić information content (AvgIpc) is 3.19. The largest absolute Gasteiger partial charge is 0.379 e. The Balaban J connectivity index is 1.93. The van der Waals surface area contributed by atoms with Crippen LogP contribution < -0.4 is 10.6 Å². The summed E-state index contributed by atoms with van der Waals surface area (Å²) in [6.07, 6.45) is 34.8. The molecule has 0 saturated heterocycles. The van der Waals surface area contributed by atoms with Crippen LogP contribution in [0.4, 0.5) is 0 Å². The summed E-state index contributed by atoms with van der Waals surface area (Å²) < 4.78 is 11.1. The van der Waals surface area contributed by atoms with Crippen LogP contribution in [0.2, 0.25) is 0 Å². The van der Waals surface area contributed by atoms with E-state index >= 15 is 0 Å². The first-order valence-corrected chi connectivity index (χ1v) is 24.2. The smallest absolute Gasteiger partial charge is 0.244 e. The van der Waals surface area contributed by atoms with Gasteiger partial charge in [0.15, 0.2) is 5.78 Å². The summed E-state index contributed by atoms with van der Waals surface area (Å²) in [6, 6.07) is 0. The Morgan fingerprint density at radius 1 is 0.734 bits per heavy atom. The van der Waals surface area contributed by atoms with Crippen molar-refractivity contribution in [2.45, 2.75) is 153 Å². The Kier molecular flexibility index (Phi) is 26.4. The zero-order valence-electron chi connectivity index (χ0n) is 41.8. The van der Waals surface area contributed by atoms with Crippen LogP contribution in [0.15, 0.2) is 106 Å². The third kappa shape index (κ3) is 23.7. The second kappa shape index (κ2) is 30.1. The maximum atomic E-state index is 13.4. The zero-order valence-corrected chi connectivity index (χ0v) is 41.8. The van der Waals surface area contributed by atoms with E-state index in [0.717, 1.165) is 22.3 Å². The molecule has 8 heteroatoms. The van der Waals surface area contributed by atoms with E-state index in [1.165, 1.54) is 49.7 Å². The van der Waals surface area contributed by atoms with Gasteiger partial charge < -0.3 is 24.9 Å². The van der Waals surface area contributed by atoms with Gasteiger partial charge in [-0.15, -0.1) is 0 Å². The standard InChI is InChI=1S/C56H86N2O6/c1-42(27-29-51-46(5)23-16-31-55(51,8)9)19-14-21-44(3)39-50(60)41-49(54(62)58-34-36-64-38-37-63-35-18-25-48(7)59)26-12-13-33-57-53(61)40-45(4)22-15-20-43(2)28-30-52-47(6)24-17-32-56(52,10)11/h14-15,19-22,27-30,39-40,46,49,51H,12-13,16-18,23-26,31-38,41H2,1-11H3,(H,57,61)(H,58,62)/b21-14+,22-15+,29-27+,30-28+,42-19+,43-20+,44-39+,45-40+/t46?,49-,51?/m0/s1. The highest BCUT2D eigenvalue weighted by molar-refractivity contribution is 5.94. The highest BCUT2D eigenvalue weighted by atomic mass is 16.5. The molecule has 3 atom stereocenters. The van der Waals surface area contributed by atoms with Gasteiger partial charge in [-0.05, 0) is 132 Å². The topological polar surface area (TPSA) is 111 Å². The quantitative estimate of drug-likeness (QED) is 0.0460. The molecule has 0 radical (unpaired) electrons. The molecule has 2 aliphatic carbocycles. The fourth-order valence-electron chi connectivity index (χ4n) is 8.84. The maximum Gasteiger partial charge on any atom is 0.244 e. The predicted molar refractivity (Wildman–Crippen MR) is 267 cm³/mol. The second-order valence-electron chi connectivity index (χ2n) is 19.8. The lowest BCUT2D eigenvalue weighted by molar-refractivity contribution is -0.128. The number of nitrogens with one attached hydrogen (secondary N) is 2. The molecule has 0 aromatic heterocycles. The Hall–Kier alpha value is -4.14. The van der Waals surface area contributed by atoms with Gasteiger partial charge in [-0.25, -0.2) is 0 Å². The molecule has 8 nitrogen and oxygen atoms in total. The number of ketones is 2. The lowest BCUT2D eigenvalue weighted by atomic mass is 9.64. The molecule has 0 aromatic rings. The van der Waals surface area contributed by atoms with Crippen LogP contribution in [0.5, 0.6) is 0 Å². The summed E-state index contributed by atoms with van der Waals surface area (Å²) in [5, 5.41) is 5.92. The molecule has 2 aliphatic rings. The van der Waals surface area contributed by atoms with Crippen LogP contribution in [-0.4, -0.2) is 62.9 Å². The molecule has 0 spiro atoms. The second-order valence-corrected chi connectivity index (χ2v) is 19.8. The van der Waals surface area contributed by atoms with Crippen molar-refractivity contribution >= 4 is 23.4 Å². The molecule has 1 saturated carbocycles. The van der Waals surface area contributed by atoms with Gasteiger partial charge in [0.1, 0.15) is 5.78 Å². The van der Waals surface area contributed by atoms with Crippen molar-refractivity contribution in [1.82, 2.24) is 10.6 Å². The average molecular weight is 883 g/mol. The van der Waals surface area contributed by atoms with Gasteiger partial charge in [-0.1, -0.05) is 131 Å². The molecule has 0 aliphatic heterocycles. The summed E-state index contributed by atoms with van der Waals surface area (Å²) in [4.78, 5) is 50.4. The van der Waals surface area contributed by atoms with E-state index in [2.05, 4.69) is 102 Å². The first kappa shape index (κ1) is 56.0. The third-order valence-corrected chi connectivity index (χ3v) is 12.6. The fourth-order valence-corrected chi connectivity index (χ4v) is 8.84. The lowest BCUT2D eigenvalue weighted by Gasteiger charge is -2.41. The Morgan fingerprint density at radius 2 is 1.39 bits per heavy atom. The van der Waals surface area contributed by atoms with Crippen molar-refractivity contribution in [3.8, 4) is 0 Å². The molecule has 2 amide bonds. The number of hydrogen-bond donors (Lipinski definition) is 2. The maximum absolute atomic E-state index is 13.4. The molecule has 356 valence electrons. The highest BCUT2D eigenvalue weighted by Crippen LogP contribution is 2.45. The fraction of sp³-hybridized carbons (Fsp3) is 0.607. The molecule has 0 bridgehead atoms. The van der Waals surface area contributed by atoms with Crippen molar-refractivity contribution in [3.05, 3.63) is 106 Å². The molecule has 2 N–H and O–H groups in total. The molecule has 2 rings (SSSR count). The van der Waals surface area contributed by atoms with Crippen molar-refractivity contribution in [3.63, 3.8) is 0 Å². The van der Waals surface area contributed by atoms with Crippen LogP contribution in [0.1, 0.15) is 153 Å². The molecule has 0 heterocycles. The van der Waals surface area contributed by atoms with Crippen LogP contribution in [0, 0.1) is 28.6 Å². The third-order valence-electron chi connectivity index (χ3n) is 12.6. The Morgan fingerprint density at radius 3 is 2.05 bits per heavy atom. The van der Waals surface area contributed by atoms with E-state index in [9.17, 15) is 19.2 Å². The molecule has 2 unspecified atom stereocenters. The van der Waals surface area contributed by atoms with Crippen LogP contribution >= 0.6 is 0 Å². The lowest BCUT2D eigenvalue weighted by Crippen LogP contribution is -2.34. The van der Waals surface area contributed by atoms with Crippen LogP contribution in [-0.2, 0) is 28.7 Å². The van der Waals surface area contributed by atoms with E-state index in [1.54, 1.807) is 19.1 Å². The van der Waals surface area contributed by atoms with Gasteiger partial charge >= 0.3 is 0 Å². The first-order valence-electron chi connectivity index (χ1n) is 24.2. The van der Waals surface area contributed by atoms with Crippen molar-refractivity contribution in [1.29, 1.82) is 0 Å². The number of allylic oxidation sites excluding steroid dienone is 17. The van der Waals surface area contributed by atoms with Crippen LogP contribution in [0.25, 0.3) is 0 Å². The number of Topliss-reactive ketones (excluding diaryl/α,β-unsaturated/α-hetero) is 1. The minimum Gasteiger partial charge on any atom is -0.379 e. The summed E-state index contributed by atoms with van der Waals surface area (Å²) in [7, 11) is 0. The van der Waals surface area contributed by atoms with Crippen molar-refractivity contribution in [2.75, 3.05) is 39.5 Å². The van der Waals surface area contributed by atoms with Crippen molar-refractivity contribution < 1.29 is 28.7 Å². The molecular weight excluding hydrogens is 797 g/mol. The minimum absolute atomic E-state index is 0.0960. The number of carbonyl (C=O) groups excluding carboxylic acids is 4. The highest BCUT2D eigenvalue weighted by Gasteiger charge is 2.35. The SMILES string of the molecule is CC(=O)CCCOCCOCCNC(=O)[C@@H](CCCCNC(=O)/C=C(C)/C=C/C=C(C)/C=C/C1=C(C)CCCC1(C)C)CC(=O)/C=C(C)/C=C/C=C(C)/C=C/C1C(C)CCCC1(C)C. The zero-order chi connectivity index (χ0) is 47.5. The van der Waals surface area contributed by atoms with Gasteiger partial charge in [-0.3, -0.25) is 14.4 Å². The Labute approximate surface area is 389 Å². The molecule has 0 aromatic carbocycles. The predicted octanol–water partition coefficient (Wildman–Crippen LogP) is 12.4. The number of amides is 2. The molecule has 1 fully saturated rings. The normalized spacial score (nSPS) is 20.5. The summed E-state index contributed by atoms with van der Waals surface area (Å²) in [6.45, 7) is 26.0. The number of ether oxygens (including phenoxy) is 2. The van der Waals surface area contributed by atoms with E-state index in [4.69, 9.17) is 9.47 Å². The number of unbranched alkanes of at least 4 members (excludes halogenated alkanes) is 1. The number of carbonyl (C=O) groups is 4. The summed E-state index contributed by atoms with van der Waals surface area (Å²) >= 11 is 0. The molecular formula is C56H86N2O6. The van der Waals surface area contributed by atoms with Crippen LogP contribution in [0.3, 0.4) is 0 Å². The van der Waals surface area contributed by atoms with E-state index in [-0.39, 0.29) is 35.2 Å².